The van der Waals surface area contributed by atoms with Crippen LogP contribution < -0.4 is 16.2 Å². The van der Waals surface area contributed by atoms with Crippen LogP contribution in [-0.4, -0.2) is 28.4 Å². The molecule has 0 unspecified atom stereocenters. The van der Waals surface area contributed by atoms with Crippen molar-refractivity contribution in [2.45, 2.75) is 26.8 Å². The molecule has 0 aliphatic carbocycles. The quantitative estimate of drug-likeness (QED) is 0.292. The van der Waals surface area contributed by atoms with Gasteiger partial charge in [-0.2, -0.15) is 0 Å². The third-order valence-corrected chi connectivity index (χ3v) is 6.26. The van der Waals surface area contributed by atoms with Crippen LogP contribution in [0.2, 0.25) is 5.15 Å². The fraction of sp³-hybridized carbons (Fsp3) is 0.160. The average Bonchev–Trinajstić information content (AvgIpc) is 2.84. The first-order valence-corrected chi connectivity index (χ1v) is 11.3. The topological polar surface area (TPSA) is 117 Å². The number of halogens is 1. The molecule has 4 aromatic rings. The number of pyridine rings is 1. The van der Waals surface area contributed by atoms with Crippen molar-refractivity contribution in [1.82, 2.24) is 4.98 Å². The molecule has 0 amide bonds. The molecular formula is C25H21BClN3O5. The SMILES string of the molecule is Cc1cc([C@@H](C)Nc2ccc(Cl)nc2-c2ccc3c(c2)C=NOB3O)c2oc(O)c(C)c(=O)c2c1. The molecule has 3 N–H and O–H groups in total. The Bertz CT molecular complexity index is 1570. The van der Waals surface area contributed by atoms with E-state index in [4.69, 9.17) is 20.8 Å². The maximum Gasteiger partial charge on any atom is 0.583 e. The minimum absolute atomic E-state index is 0.172. The summed E-state index contributed by atoms with van der Waals surface area (Å²) in [5, 5.41) is 28.0. The summed E-state index contributed by atoms with van der Waals surface area (Å²) >= 11 is 6.23. The first kappa shape index (κ1) is 23.0. The highest BCUT2D eigenvalue weighted by molar-refractivity contribution is 6.62. The highest BCUT2D eigenvalue weighted by Crippen LogP contribution is 2.34. The molecule has 2 aromatic heterocycles. The number of oxime groups is 1. The molecule has 8 nitrogen and oxygen atoms in total. The Morgan fingerprint density at radius 2 is 1.94 bits per heavy atom. The van der Waals surface area contributed by atoms with Gasteiger partial charge in [0.1, 0.15) is 10.7 Å². The number of nitrogens with zero attached hydrogens (tertiary/aromatic N) is 2. The van der Waals surface area contributed by atoms with Gasteiger partial charge in [0.25, 0.3) is 5.95 Å². The number of hydrogen-bond acceptors (Lipinski definition) is 8. The molecule has 35 heavy (non-hydrogen) atoms. The molecule has 1 atom stereocenters. The van der Waals surface area contributed by atoms with Crippen LogP contribution in [0.25, 0.3) is 22.2 Å². The third kappa shape index (κ3) is 4.13. The zero-order chi connectivity index (χ0) is 24.9. The lowest BCUT2D eigenvalue weighted by atomic mass is 9.75. The number of fused-ring (bicyclic) bond motifs is 2. The summed E-state index contributed by atoms with van der Waals surface area (Å²) in [4.78, 5) is 17.3. The number of anilines is 1. The van der Waals surface area contributed by atoms with E-state index in [9.17, 15) is 14.9 Å². The van der Waals surface area contributed by atoms with Gasteiger partial charge in [-0.15, -0.1) is 5.16 Å². The van der Waals surface area contributed by atoms with E-state index in [1.165, 1.54) is 13.1 Å². The molecular weight excluding hydrogens is 469 g/mol. The zero-order valence-electron chi connectivity index (χ0n) is 19.2. The number of aryl methyl sites for hydroxylation is 1. The number of benzene rings is 2. The maximum atomic E-state index is 12.7. The van der Waals surface area contributed by atoms with E-state index in [0.717, 1.165) is 11.1 Å². The third-order valence-electron chi connectivity index (χ3n) is 6.05. The Labute approximate surface area is 206 Å². The number of rotatable bonds is 4. The average molecular weight is 490 g/mol. The second-order valence-electron chi connectivity index (χ2n) is 8.52. The Hall–Kier alpha value is -3.82. The van der Waals surface area contributed by atoms with Crippen molar-refractivity contribution in [1.29, 1.82) is 0 Å². The van der Waals surface area contributed by atoms with Crippen molar-refractivity contribution in [2.24, 2.45) is 5.16 Å². The van der Waals surface area contributed by atoms with Gasteiger partial charge in [0.05, 0.1) is 34.6 Å². The second-order valence-corrected chi connectivity index (χ2v) is 8.91. The summed E-state index contributed by atoms with van der Waals surface area (Å²) in [7, 11) is -1.13. The van der Waals surface area contributed by atoms with E-state index < -0.39 is 13.1 Å². The maximum absolute atomic E-state index is 12.7. The Kier molecular flexibility index (Phi) is 5.74. The monoisotopic (exact) mass is 489 g/mol. The molecule has 0 saturated carbocycles. The molecule has 2 aromatic carbocycles. The normalized spacial score (nSPS) is 13.5. The number of nitrogens with one attached hydrogen (secondary N) is 1. The van der Waals surface area contributed by atoms with Gasteiger partial charge >= 0.3 is 7.12 Å². The van der Waals surface area contributed by atoms with Crippen molar-refractivity contribution < 1.29 is 19.3 Å². The van der Waals surface area contributed by atoms with Crippen LogP contribution in [0.5, 0.6) is 5.95 Å². The summed E-state index contributed by atoms with van der Waals surface area (Å²) < 4.78 is 10.5. The lowest BCUT2D eigenvalue weighted by molar-refractivity contribution is 0.286. The fourth-order valence-corrected chi connectivity index (χ4v) is 4.37. The highest BCUT2D eigenvalue weighted by Gasteiger charge is 2.26. The van der Waals surface area contributed by atoms with Crippen LogP contribution in [0.3, 0.4) is 0 Å². The molecule has 10 heteroatoms. The summed E-state index contributed by atoms with van der Waals surface area (Å²) in [5.74, 6) is -0.393. The molecule has 0 spiro atoms. The van der Waals surface area contributed by atoms with Gasteiger partial charge in [-0.05, 0) is 56.2 Å². The van der Waals surface area contributed by atoms with Crippen molar-refractivity contribution >= 4 is 47.1 Å². The Morgan fingerprint density at radius 3 is 2.74 bits per heavy atom. The molecule has 0 saturated heterocycles. The number of aromatic hydroxyl groups is 1. The Balaban J connectivity index is 1.58. The van der Waals surface area contributed by atoms with Crippen molar-refractivity contribution in [3.8, 4) is 17.2 Å². The van der Waals surface area contributed by atoms with Crippen LogP contribution in [0.4, 0.5) is 5.69 Å². The van der Waals surface area contributed by atoms with E-state index in [2.05, 4.69) is 15.5 Å². The van der Waals surface area contributed by atoms with Gasteiger partial charge in [0.2, 0.25) is 0 Å². The smallest absolute Gasteiger partial charge is 0.480 e. The largest absolute Gasteiger partial charge is 0.583 e. The van der Waals surface area contributed by atoms with E-state index in [0.29, 0.717) is 44.1 Å². The van der Waals surface area contributed by atoms with Crippen molar-refractivity contribution in [2.75, 3.05) is 5.32 Å². The number of hydrogen-bond donors (Lipinski definition) is 3. The Morgan fingerprint density at radius 1 is 1.14 bits per heavy atom. The fourth-order valence-electron chi connectivity index (χ4n) is 4.22. The molecule has 1 aliphatic heterocycles. The molecule has 0 bridgehead atoms. The standard InChI is InChI=1S/C25H21BClN3O5/c1-12-8-17(24-18(9-12)23(31)13(2)25(32)34-24)14(3)29-20-6-7-21(27)30-22(20)15-4-5-19-16(10-15)11-28-35-26(19)33/h4-11,14,29,32-33H,1-3H3/t14-/m1/s1. The van der Waals surface area contributed by atoms with Gasteiger partial charge in [0.15, 0.2) is 5.43 Å². The first-order chi connectivity index (χ1) is 16.7. The molecule has 5 rings (SSSR count). The van der Waals surface area contributed by atoms with Gasteiger partial charge in [-0.25, -0.2) is 4.98 Å². The molecule has 3 heterocycles. The van der Waals surface area contributed by atoms with Crippen LogP contribution in [0.15, 0.2) is 56.8 Å². The minimum Gasteiger partial charge on any atom is -0.480 e. The lowest BCUT2D eigenvalue weighted by Crippen LogP contribution is -2.37. The summed E-state index contributed by atoms with van der Waals surface area (Å²) in [6.07, 6.45) is 1.53. The predicted octanol–water partition coefficient (Wildman–Crippen LogP) is 4.06. The van der Waals surface area contributed by atoms with E-state index >= 15 is 0 Å². The zero-order valence-corrected chi connectivity index (χ0v) is 19.9. The van der Waals surface area contributed by atoms with Gasteiger partial charge in [-0.1, -0.05) is 29.8 Å². The van der Waals surface area contributed by atoms with Crippen LogP contribution >= 0.6 is 11.6 Å². The highest BCUT2D eigenvalue weighted by atomic mass is 35.5. The van der Waals surface area contributed by atoms with Crippen molar-refractivity contribution in [3.63, 3.8) is 0 Å². The molecule has 1 aliphatic rings. The van der Waals surface area contributed by atoms with Crippen molar-refractivity contribution in [3.05, 3.63) is 80.1 Å². The van der Waals surface area contributed by atoms with E-state index in [1.807, 2.05) is 38.1 Å². The van der Waals surface area contributed by atoms with E-state index in [1.54, 1.807) is 18.2 Å². The summed E-state index contributed by atoms with van der Waals surface area (Å²) in [5.41, 5.74) is 5.19. The summed E-state index contributed by atoms with van der Waals surface area (Å²) in [6, 6.07) is 12.3. The lowest BCUT2D eigenvalue weighted by Gasteiger charge is -2.20. The van der Waals surface area contributed by atoms with Crippen LogP contribution in [0.1, 0.15) is 35.2 Å². The van der Waals surface area contributed by atoms with Gasteiger partial charge in [-0.3, -0.25) is 4.79 Å². The van der Waals surface area contributed by atoms with Crippen LogP contribution in [0, 0.1) is 13.8 Å². The van der Waals surface area contributed by atoms with Crippen LogP contribution in [-0.2, 0) is 4.76 Å². The summed E-state index contributed by atoms with van der Waals surface area (Å²) in [6.45, 7) is 5.36. The molecule has 176 valence electrons. The second kappa shape index (κ2) is 8.76. The van der Waals surface area contributed by atoms with E-state index in [-0.39, 0.29) is 17.0 Å². The molecule has 0 radical (unpaired) electrons. The first-order valence-electron chi connectivity index (χ1n) is 10.9. The number of aromatic nitrogens is 1. The van der Waals surface area contributed by atoms with Gasteiger partial charge < -0.3 is 24.6 Å². The minimum atomic E-state index is -1.13. The molecule has 0 fully saturated rings. The van der Waals surface area contributed by atoms with Gasteiger partial charge in [0, 0.05) is 16.6 Å². The predicted molar refractivity (Wildman–Crippen MR) is 137 cm³/mol.